The van der Waals surface area contributed by atoms with Crippen LogP contribution in [0.4, 0.5) is 10.1 Å². The minimum atomic E-state index is -3.69. The van der Waals surface area contributed by atoms with Crippen LogP contribution in [0.15, 0.2) is 59.6 Å². The van der Waals surface area contributed by atoms with Crippen molar-refractivity contribution in [1.29, 1.82) is 0 Å². The lowest BCUT2D eigenvalue weighted by Crippen LogP contribution is -2.41. The zero-order valence-electron chi connectivity index (χ0n) is 17.6. The van der Waals surface area contributed by atoms with Crippen LogP contribution in [0.5, 0.6) is 0 Å². The number of aromatic nitrogens is 1. The third-order valence-corrected chi connectivity index (χ3v) is 7.77. The molecule has 0 spiro atoms. The van der Waals surface area contributed by atoms with E-state index in [0.29, 0.717) is 18.9 Å². The third-order valence-electron chi connectivity index (χ3n) is 5.85. The molecule has 0 unspecified atom stereocenters. The van der Waals surface area contributed by atoms with Gasteiger partial charge in [-0.1, -0.05) is 6.07 Å². The van der Waals surface area contributed by atoms with Gasteiger partial charge in [-0.3, -0.25) is 4.79 Å². The number of benzene rings is 2. The van der Waals surface area contributed by atoms with Crippen LogP contribution in [0.3, 0.4) is 0 Å². The molecule has 1 fully saturated rings. The number of carbonyl (C=O) groups is 1. The van der Waals surface area contributed by atoms with Gasteiger partial charge in [-0.25, -0.2) is 12.8 Å². The Labute approximate surface area is 181 Å². The van der Waals surface area contributed by atoms with Gasteiger partial charge in [0.2, 0.25) is 15.9 Å². The van der Waals surface area contributed by atoms with E-state index in [1.54, 1.807) is 0 Å². The van der Waals surface area contributed by atoms with Crippen molar-refractivity contribution in [3.05, 3.63) is 60.5 Å². The average molecular weight is 444 g/mol. The Morgan fingerprint density at radius 2 is 1.74 bits per heavy atom. The standard InChI is InChI=1S/C23H26FN3O3S/c1-16(2)27-15-12-20-21(4-3-5-22(20)27)25-23(28)17-10-13-26(14-11-17)31(29,30)19-8-6-18(24)7-9-19/h3-9,12,15-17H,10-11,13-14H2,1-2H3,(H,25,28). The molecule has 1 saturated heterocycles. The molecule has 0 radical (unpaired) electrons. The van der Waals surface area contributed by atoms with Crippen LogP contribution in [0.2, 0.25) is 0 Å². The molecule has 1 aliphatic rings. The summed E-state index contributed by atoms with van der Waals surface area (Å²) in [6.07, 6.45) is 2.90. The van der Waals surface area contributed by atoms with Crippen molar-refractivity contribution in [3.63, 3.8) is 0 Å². The van der Waals surface area contributed by atoms with Gasteiger partial charge >= 0.3 is 0 Å². The molecule has 1 N–H and O–H groups in total. The molecule has 31 heavy (non-hydrogen) atoms. The van der Waals surface area contributed by atoms with Gasteiger partial charge < -0.3 is 9.88 Å². The molecular weight excluding hydrogens is 417 g/mol. The summed E-state index contributed by atoms with van der Waals surface area (Å²) in [4.78, 5) is 13.0. The van der Waals surface area contributed by atoms with Gasteiger partial charge in [0.1, 0.15) is 5.82 Å². The van der Waals surface area contributed by atoms with Gasteiger partial charge in [0.05, 0.1) is 16.1 Å². The van der Waals surface area contributed by atoms with E-state index in [1.807, 2.05) is 30.5 Å². The number of hydrogen-bond donors (Lipinski definition) is 1. The highest BCUT2D eigenvalue weighted by Crippen LogP contribution is 2.29. The number of nitrogens with one attached hydrogen (secondary N) is 1. The summed E-state index contributed by atoms with van der Waals surface area (Å²) >= 11 is 0. The Kier molecular flexibility index (Phi) is 5.85. The number of halogens is 1. The minimum absolute atomic E-state index is 0.0677. The minimum Gasteiger partial charge on any atom is -0.345 e. The fourth-order valence-corrected chi connectivity index (χ4v) is 5.57. The molecule has 1 aromatic heterocycles. The number of hydrogen-bond acceptors (Lipinski definition) is 3. The van der Waals surface area contributed by atoms with Crippen LogP contribution in [0, 0.1) is 11.7 Å². The first-order valence-corrected chi connectivity index (χ1v) is 11.9. The van der Waals surface area contributed by atoms with Crippen molar-refractivity contribution in [2.24, 2.45) is 5.92 Å². The third kappa shape index (κ3) is 4.22. The fourth-order valence-electron chi connectivity index (χ4n) is 4.10. The van der Waals surface area contributed by atoms with Gasteiger partial charge in [0.15, 0.2) is 0 Å². The number of nitrogens with zero attached hydrogens (tertiary/aromatic N) is 2. The molecule has 1 aliphatic heterocycles. The lowest BCUT2D eigenvalue weighted by Gasteiger charge is -2.30. The van der Waals surface area contributed by atoms with Crippen molar-refractivity contribution < 1.29 is 17.6 Å². The highest BCUT2D eigenvalue weighted by atomic mass is 32.2. The number of anilines is 1. The van der Waals surface area contributed by atoms with Crippen molar-refractivity contribution in [2.45, 2.75) is 37.6 Å². The van der Waals surface area contributed by atoms with Crippen molar-refractivity contribution in [3.8, 4) is 0 Å². The van der Waals surface area contributed by atoms with E-state index >= 15 is 0 Å². The first-order valence-electron chi connectivity index (χ1n) is 10.4. The van der Waals surface area contributed by atoms with Crippen LogP contribution >= 0.6 is 0 Å². The molecule has 0 aliphatic carbocycles. The summed E-state index contributed by atoms with van der Waals surface area (Å²) < 4.78 is 42.2. The summed E-state index contributed by atoms with van der Waals surface area (Å²) in [5.41, 5.74) is 1.83. The second kappa shape index (κ2) is 8.43. The molecule has 3 aromatic rings. The first-order chi connectivity index (χ1) is 14.8. The number of fused-ring (bicyclic) bond motifs is 1. The van der Waals surface area contributed by atoms with Gasteiger partial charge in [-0.15, -0.1) is 0 Å². The zero-order valence-corrected chi connectivity index (χ0v) is 18.4. The number of carbonyl (C=O) groups excluding carboxylic acids is 1. The van der Waals surface area contributed by atoms with Crippen molar-refractivity contribution in [2.75, 3.05) is 18.4 Å². The summed E-state index contributed by atoms with van der Waals surface area (Å²) in [6, 6.07) is 13.0. The molecule has 0 bridgehead atoms. The summed E-state index contributed by atoms with van der Waals surface area (Å²) in [5.74, 6) is -0.834. The Hall–Kier alpha value is -2.71. The van der Waals surface area contributed by atoms with Crippen LogP contribution < -0.4 is 5.32 Å². The van der Waals surface area contributed by atoms with E-state index in [9.17, 15) is 17.6 Å². The maximum Gasteiger partial charge on any atom is 0.243 e. The van der Waals surface area contributed by atoms with E-state index in [1.165, 1.54) is 16.4 Å². The smallest absolute Gasteiger partial charge is 0.243 e. The summed E-state index contributed by atoms with van der Waals surface area (Å²) in [6.45, 7) is 4.73. The Bertz CT molecular complexity index is 1190. The van der Waals surface area contributed by atoms with E-state index in [4.69, 9.17) is 0 Å². The Morgan fingerprint density at radius 3 is 2.39 bits per heavy atom. The predicted octanol–water partition coefficient (Wildman–Crippen LogP) is 4.40. The van der Waals surface area contributed by atoms with Crippen LogP contribution in [-0.2, 0) is 14.8 Å². The van der Waals surface area contributed by atoms with Crippen molar-refractivity contribution >= 4 is 32.5 Å². The molecule has 6 nitrogen and oxygen atoms in total. The molecule has 8 heteroatoms. The number of rotatable bonds is 5. The van der Waals surface area contributed by atoms with E-state index in [2.05, 4.69) is 23.7 Å². The lowest BCUT2D eigenvalue weighted by molar-refractivity contribution is -0.120. The predicted molar refractivity (Wildman–Crippen MR) is 119 cm³/mol. The summed E-state index contributed by atoms with van der Waals surface area (Å²) in [7, 11) is -3.69. The van der Waals surface area contributed by atoms with Gasteiger partial charge in [0, 0.05) is 36.6 Å². The largest absolute Gasteiger partial charge is 0.345 e. The molecular formula is C23H26FN3O3S. The quantitative estimate of drug-likeness (QED) is 0.635. The van der Waals surface area contributed by atoms with E-state index in [-0.39, 0.29) is 29.8 Å². The number of amides is 1. The van der Waals surface area contributed by atoms with Crippen LogP contribution in [0.25, 0.3) is 10.9 Å². The number of sulfonamides is 1. The Morgan fingerprint density at radius 1 is 1.06 bits per heavy atom. The van der Waals surface area contributed by atoms with Gasteiger partial charge in [-0.05, 0) is 69.2 Å². The maximum atomic E-state index is 13.1. The van der Waals surface area contributed by atoms with Crippen LogP contribution in [-0.4, -0.2) is 36.3 Å². The molecule has 2 aromatic carbocycles. The molecule has 4 rings (SSSR count). The highest BCUT2D eigenvalue weighted by Gasteiger charge is 2.32. The molecule has 2 heterocycles. The van der Waals surface area contributed by atoms with Crippen molar-refractivity contribution in [1.82, 2.24) is 8.87 Å². The fraction of sp³-hybridized carbons (Fsp3) is 0.348. The maximum absolute atomic E-state index is 13.1. The topological polar surface area (TPSA) is 71.4 Å². The Balaban J connectivity index is 1.43. The molecule has 0 saturated carbocycles. The highest BCUT2D eigenvalue weighted by molar-refractivity contribution is 7.89. The molecule has 164 valence electrons. The monoisotopic (exact) mass is 443 g/mol. The van der Waals surface area contributed by atoms with Crippen LogP contribution in [0.1, 0.15) is 32.7 Å². The number of piperidine rings is 1. The SMILES string of the molecule is CC(C)n1ccc2c(NC(=O)C3CCN(S(=O)(=O)c4ccc(F)cc4)CC3)cccc21. The molecule has 1 amide bonds. The van der Waals surface area contributed by atoms with E-state index in [0.717, 1.165) is 28.7 Å². The zero-order chi connectivity index (χ0) is 22.2. The molecule has 0 atom stereocenters. The normalized spacial score (nSPS) is 16.1. The average Bonchev–Trinajstić information content (AvgIpc) is 3.20. The second-order valence-electron chi connectivity index (χ2n) is 8.18. The van der Waals surface area contributed by atoms with E-state index < -0.39 is 15.8 Å². The second-order valence-corrected chi connectivity index (χ2v) is 10.1. The van der Waals surface area contributed by atoms with Gasteiger partial charge in [-0.2, -0.15) is 4.31 Å². The van der Waals surface area contributed by atoms with Gasteiger partial charge in [0.25, 0.3) is 0 Å². The first kappa shape index (κ1) is 21.5. The summed E-state index contributed by atoms with van der Waals surface area (Å²) in [5, 5.41) is 4.02. The lowest BCUT2D eigenvalue weighted by atomic mass is 9.97.